The summed E-state index contributed by atoms with van der Waals surface area (Å²) in [6, 6.07) is -0.461. The maximum absolute atomic E-state index is 11.0. The quantitative estimate of drug-likeness (QED) is 0.467. The van der Waals surface area contributed by atoms with Crippen molar-refractivity contribution >= 4 is 12.0 Å². The lowest BCUT2D eigenvalue weighted by Crippen LogP contribution is -2.42. The molecule has 6 nitrogen and oxygen atoms in total. The van der Waals surface area contributed by atoms with Crippen molar-refractivity contribution in [3.8, 4) is 0 Å². The fourth-order valence-electron chi connectivity index (χ4n) is 0.873. The summed E-state index contributed by atoms with van der Waals surface area (Å²) in [6.07, 6.45) is 0.476. The minimum atomic E-state index is -0.860. The topological polar surface area (TPSA) is 104 Å². The predicted octanol–water partition coefficient (Wildman–Crippen LogP) is -0.502. The molecule has 82 valence electrons. The smallest absolute Gasteiger partial charge is 0.315 e. The minimum absolute atomic E-state index is 0.0539. The molecule has 0 aliphatic heterocycles. The predicted molar refractivity (Wildman–Crippen MR) is 51.9 cm³/mol. The van der Waals surface area contributed by atoms with E-state index in [1.807, 2.05) is 0 Å². The number of hydrogen-bond acceptors (Lipinski definition) is 3. The summed E-state index contributed by atoms with van der Waals surface area (Å²) in [5.41, 5.74) is 5.19. The highest BCUT2D eigenvalue weighted by molar-refractivity contribution is 5.74. The first-order valence-corrected chi connectivity index (χ1v) is 4.52. The van der Waals surface area contributed by atoms with E-state index >= 15 is 0 Å². The molecule has 14 heavy (non-hydrogen) atoms. The molecule has 0 aliphatic rings. The van der Waals surface area contributed by atoms with Crippen molar-refractivity contribution < 1.29 is 14.7 Å². The van der Waals surface area contributed by atoms with Crippen LogP contribution in [0.3, 0.4) is 0 Å². The molecule has 1 atom stereocenters. The molecular formula is C8H17N3O3. The maximum atomic E-state index is 11.0. The second-order valence-corrected chi connectivity index (χ2v) is 3.02. The first-order chi connectivity index (χ1) is 6.56. The van der Waals surface area contributed by atoms with Crippen molar-refractivity contribution in [3.05, 3.63) is 0 Å². The molecule has 0 saturated carbocycles. The Hall–Kier alpha value is -1.30. The lowest BCUT2D eigenvalue weighted by atomic mass is 10.2. The summed E-state index contributed by atoms with van der Waals surface area (Å²) in [7, 11) is 0. The normalized spacial score (nSPS) is 11.9. The molecule has 6 heteroatoms. The van der Waals surface area contributed by atoms with Gasteiger partial charge in [-0.15, -0.1) is 0 Å². The number of aliphatic carboxylic acids is 1. The number of amides is 2. The summed E-state index contributed by atoms with van der Waals surface area (Å²) in [5, 5.41) is 13.5. The number of carbonyl (C=O) groups is 2. The van der Waals surface area contributed by atoms with Crippen LogP contribution in [0.4, 0.5) is 4.79 Å². The third-order valence-electron chi connectivity index (χ3n) is 1.60. The summed E-state index contributed by atoms with van der Waals surface area (Å²) >= 11 is 0. The molecule has 0 radical (unpaired) electrons. The highest BCUT2D eigenvalue weighted by Gasteiger charge is 2.07. The van der Waals surface area contributed by atoms with Crippen molar-refractivity contribution in [1.29, 1.82) is 0 Å². The van der Waals surface area contributed by atoms with Crippen LogP contribution < -0.4 is 16.4 Å². The molecule has 0 bridgehead atoms. The van der Waals surface area contributed by atoms with Crippen molar-refractivity contribution in [1.82, 2.24) is 10.6 Å². The number of carboxylic acid groups (broad SMARTS) is 1. The molecule has 0 heterocycles. The number of carbonyl (C=O) groups excluding carboxylic acids is 1. The van der Waals surface area contributed by atoms with E-state index in [9.17, 15) is 9.59 Å². The Labute approximate surface area is 82.9 Å². The minimum Gasteiger partial charge on any atom is -0.481 e. The second kappa shape index (κ2) is 7.14. The lowest BCUT2D eigenvalue weighted by Gasteiger charge is -2.12. The van der Waals surface area contributed by atoms with E-state index in [-0.39, 0.29) is 18.5 Å². The van der Waals surface area contributed by atoms with Gasteiger partial charge in [0.25, 0.3) is 0 Å². The molecule has 0 unspecified atom stereocenters. The van der Waals surface area contributed by atoms with Gasteiger partial charge >= 0.3 is 12.0 Å². The van der Waals surface area contributed by atoms with Gasteiger partial charge in [0.05, 0.1) is 0 Å². The zero-order chi connectivity index (χ0) is 11.0. The third-order valence-corrected chi connectivity index (χ3v) is 1.60. The Morgan fingerprint density at radius 1 is 1.50 bits per heavy atom. The lowest BCUT2D eigenvalue weighted by molar-refractivity contribution is -0.137. The van der Waals surface area contributed by atoms with Crippen molar-refractivity contribution in [2.45, 2.75) is 25.8 Å². The molecule has 0 aromatic rings. The highest BCUT2D eigenvalue weighted by Crippen LogP contribution is 1.95. The van der Waals surface area contributed by atoms with Crippen LogP contribution in [0.2, 0.25) is 0 Å². The standard InChI is InChI=1S/C8H17N3O3/c1-6(2-3-7(12)13)11-8(14)10-5-4-9/h6H,2-5,9H2,1H3,(H,12,13)(H2,10,11,14)/t6-/m1/s1. The molecule has 0 saturated heterocycles. The Kier molecular flexibility index (Phi) is 6.47. The molecule has 0 fully saturated rings. The summed E-state index contributed by atoms with van der Waals surface area (Å²) in [6.45, 7) is 2.55. The number of nitrogens with one attached hydrogen (secondary N) is 2. The Bertz CT molecular complexity index is 196. The first-order valence-electron chi connectivity index (χ1n) is 4.52. The Balaban J connectivity index is 3.55. The maximum Gasteiger partial charge on any atom is 0.315 e. The SMILES string of the molecule is C[C@H](CCC(=O)O)NC(=O)NCCN. The summed E-state index contributed by atoms with van der Waals surface area (Å²) in [4.78, 5) is 21.2. The number of nitrogens with two attached hydrogens (primary N) is 1. The fraction of sp³-hybridized carbons (Fsp3) is 0.750. The average molecular weight is 203 g/mol. The number of carboxylic acids is 1. The van der Waals surface area contributed by atoms with Crippen LogP contribution in [0, 0.1) is 0 Å². The van der Waals surface area contributed by atoms with Crippen LogP contribution >= 0.6 is 0 Å². The number of hydrogen-bond donors (Lipinski definition) is 4. The van der Waals surface area contributed by atoms with Gasteiger partial charge in [-0.3, -0.25) is 4.79 Å². The number of rotatable bonds is 6. The molecule has 5 N–H and O–H groups in total. The van der Waals surface area contributed by atoms with Crippen LogP contribution in [0.25, 0.3) is 0 Å². The van der Waals surface area contributed by atoms with Crippen LogP contribution in [0.15, 0.2) is 0 Å². The average Bonchev–Trinajstić information content (AvgIpc) is 2.11. The van der Waals surface area contributed by atoms with Gasteiger partial charge in [-0.25, -0.2) is 4.79 Å². The molecule has 0 aromatic carbocycles. The van der Waals surface area contributed by atoms with Gasteiger partial charge < -0.3 is 21.5 Å². The van der Waals surface area contributed by atoms with Crippen molar-refractivity contribution in [2.24, 2.45) is 5.73 Å². The van der Waals surface area contributed by atoms with Crippen LogP contribution in [-0.2, 0) is 4.79 Å². The van der Waals surface area contributed by atoms with Crippen molar-refractivity contribution in [2.75, 3.05) is 13.1 Å². The molecule has 0 spiro atoms. The molecular weight excluding hydrogens is 186 g/mol. The van der Waals surface area contributed by atoms with E-state index in [0.717, 1.165) is 0 Å². The molecule has 0 aromatic heterocycles. The van der Waals surface area contributed by atoms with Crippen LogP contribution in [0.5, 0.6) is 0 Å². The highest BCUT2D eigenvalue weighted by atomic mass is 16.4. The first kappa shape index (κ1) is 12.7. The van der Waals surface area contributed by atoms with E-state index in [2.05, 4.69) is 10.6 Å². The third kappa shape index (κ3) is 7.35. The van der Waals surface area contributed by atoms with Gasteiger partial charge in [0.2, 0.25) is 0 Å². The Morgan fingerprint density at radius 2 is 2.14 bits per heavy atom. The molecule has 0 aliphatic carbocycles. The molecule has 0 rings (SSSR count). The zero-order valence-corrected chi connectivity index (χ0v) is 8.25. The van der Waals surface area contributed by atoms with Gasteiger partial charge in [-0.05, 0) is 13.3 Å². The van der Waals surface area contributed by atoms with Gasteiger partial charge in [0.15, 0.2) is 0 Å². The van der Waals surface area contributed by atoms with E-state index in [1.54, 1.807) is 6.92 Å². The Morgan fingerprint density at radius 3 is 2.64 bits per heavy atom. The van der Waals surface area contributed by atoms with Gasteiger partial charge in [-0.1, -0.05) is 0 Å². The van der Waals surface area contributed by atoms with Crippen molar-refractivity contribution in [3.63, 3.8) is 0 Å². The van der Waals surface area contributed by atoms with Gasteiger partial charge in [-0.2, -0.15) is 0 Å². The largest absolute Gasteiger partial charge is 0.481 e. The van der Waals surface area contributed by atoms with E-state index in [0.29, 0.717) is 19.5 Å². The van der Waals surface area contributed by atoms with Gasteiger partial charge in [0, 0.05) is 25.6 Å². The summed E-state index contributed by atoms with van der Waals surface area (Å²) in [5.74, 6) is -0.860. The van der Waals surface area contributed by atoms with Crippen LogP contribution in [0.1, 0.15) is 19.8 Å². The fourth-order valence-corrected chi connectivity index (χ4v) is 0.873. The van der Waals surface area contributed by atoms with Gasteiger partial charge in [0.1, 0.15) is 0 Å². The van der Waals surface area contributed by atoms with Crippen LogP contribution in [-0.4, -0.2) is 36.2 Å². The molecule has 2 amide bonds. The number of urea groups is 1. The second-order valence-electron chi connectivity index (χ2n) is 3.02. The summed E-state index contributed by atoms with van der Waals surface area (Å²) < 4.78 is 0. The van der Waals surface area contributed by atoms with E-state index in [1.165, 1.54) is 0 Å². The monoisotopic (exact) mass is 203 g/mol. The van der Waals surface area contributed by atoms with E-state index < -0.39 is 5.97 Å². The zero-order valence-electron chi connectivity index (χ0n) is 8.25. The van der Waals surface area contributed by atoms with E-state index in [4.69, 9.17) is 10.8 Å².